The van der Waals surface area contributed by atoms with Crippen LogP contribution in [0.15, 0.2) is 120 Å². The average Bonchev–Trinajstić information content (AvgIpc) is 3.63. The zero-order chi connectivity index (χ0) is 35.6. The first-order valence-electron chi connectivity index (χ1n) is 18.5. The summed E-state index contributed by atoms with van der Waals surface area (Å²) in [5.74, 6) is 0. The van der Waals surface area contributed by atoms with E-state index in [9.17, 15) is 0 Å². The molecule has 0 radical (unpaired) electrons. The van der Waals surface area contributed by atoms with E-state index in [1.54, 1.807) is 0 Å². The molecule has 0 saturated carbocycles. The predicted molar refractivity (Wildman–Crippen MR) is 220 cm³/mol. The SMILES string of the molecule is CC(C)(C)c1ccc(N2c3ccc(C(C)(C)C)cc3B3c4cc(C(C)(C)C)ccc4-c4cc(-c5ccc6oc7ccccc7c6c5)cc2c43)cc1. The summed E-state index contributed by atoms with van der Waals surface area (Å²) in [5.41, 5.74) is 19.1. The van der Waals surface area contributed by atoms with Crippen molar-refractivity contribution >= 4 is 62.1 Å². The van der Waals surface area contributed by atoms with Crippen molar-refractivity contribution < 1.29 is 4.42 Å². The molecule has 7 aromatic rings. The second-order valence-electron chi connectivity index (χ2n) is 17.9. The van der Waals surface area contributed by atoms with E-state index in [1.165, 1.54) is 72.4 Å². The number of hydrogen-bond donors (Lipinski definition) is 0. The van der Waals surface area contributed by atoms with Crippen LogP contribution in [-0.2, 0) is 16.2 Å². The van der Waals surface area contributed by atoms with Crippen LogP contribution in [-0.4, -0.2) is 6.71 Å². The second kappa shape index (κ2) is 10.7. The number of para-hydroxylation sites is 1. The number of hydrogen-bond acceptors (Lipinski definition) is 2. The highest BCUT2D eigenvalue weighted by atomic mass is 16.3. The van der Waals surface area contributed by atoms with Crippen LogP contribution in [0.25, 0.3) is 44.2 Å². The normalized spacial score (nSPS) is 13.9. The molecule has 2 nitrogen and oxygen atoms in total. The Balaban J connectivity index is 1.34. The van der Waals surface area contributed by atoms with Crippen LogP contribution in [0.2, 0.25) is 0 Å². The lowest BCUT2D eigenvalue weighted by molar-refractivity contribution is 0.590. The van der Waals surface area contributed by atoms with E-state index in [-0.39, 0.29) is 23.0 Å². The molecule has 0 spiro atoms. The van der Waals surface area contributed by atoms with Crippen molar-refractivity contribution in [2.24, 2.45) is 0 Å². The smallest absolute Gasteiger partial charge is 0.248 e. The third kappa shape index (κ3) is 5.00. The van der Waals surface area contributed by atoms with Gasteiger partial charge >= 0.3 is 0 Å². The van der Waals surface area contributed by atoms with E-state index in [0.717, 1.165) is 21.9 Å². The van der Waals surface area contributed by atoms with Crippen molar-refractivity contribution in [2.45, 2.75) is 78.6 Å². The van der Waals surface area contributed by atoms with Crippen molar-refractivity contribution in [3.63, 3.8) is 0 Å². The molecule has 0 N–H and O–H groups in total. The van der Waals surface area contributed by atoms with Gasteiger partial charge in [0, 0.05) is 27.8 Å². The van der Waals surface area contributed by atoms with Gasteiger partial charge in [-0.2, -0.15) is 0 Å². The highest BCUT2D eigenvalue weighted by molar-refractivity contribution is 7.01. The molecule has 0 bridgehead atoms. The van der Waals surface area contributed by atoms with Gasteiger partial charge in [0.1, 0.15) is 11.2 Å². The fraction of sp³-hybridized carbons (Fsp3) is 0.250. The van der Waals surface area contributed by atoms with Crippen LogP contribution in [0.1, 0.15) is 79.0 Å². The van der Waals surface area contributed by atoms with Crippen LogP contribution < -0.4 is 21.3 Å². The Morgan fingerprint density at radius 1 is 0.471 bits per heavy atom. The third-order valence-electron chi connectivity index (χ3n) is 11.4. The number of rotatable bonds is 2. The van der Waals surface area contributed by atoms with E-state index in [1.807, 2.05) is 6.07 Å². The minimum atomic E-state index is 0.0335. The minimum absolute atomic E-state index is 0.0335. The van der Waals surface area contributed by atoms with Crippen LogP contribution >= 0.6 is 0 Å². The van der Waals surface area contributed by atoms with Crippen molar-refractivity contribution in [2.75, 3.05) is 4.90 Å². The highest BCUT2D eigenvalue weighted by Gasteiger charge is 2.43. The Morgan fingerprint density at radius 3 is 1.80 bits per heavy atom. The molecule has 0 aliphatic carbocycles. The van der Waals surface area contributed by atoms with Crippen LogP contribution in [0.4, 0.5) is 17.1 Å². The molecule has 2 aliphatic rings. The lowest BCUT2D eigenvalue weighted by Crippen LogP contribution is -2.55. The van der Waals surface area contributed by atoms with Crippen molar-refractivity contribution in [3.8, 4) is 22.3 Å². The molecule has 0 fully saturated rings. The highest BCUT2D eigenvalue weighted by Crippen LogP contribution is 2.45. The molecular formula is C48H46BNO. The third-order valence-corrected chi connectivity index (χ3v) is 11.4. The van der Waals surface area contributed by atoms with Crippen LogP contribution in [0.3, 0.4) is 0 Å². The molecule has 1 aromatic heterocycles. The monoisotopic (exact) mass is 663 g/mol. The van der Waals surface area contributed by atoms with Gasteiger partial charge in [0.2, 0.25) is 6.71 Å². The summed E-state index contributed by atoms with van der Waals surface area (Å²) in [4.78, 5) is 2.54. The fourth-order valence-electron chi connectivity index (χ4n) is 8.39. The summed E-state index contributed by atoms with van der Waals surface area (Å²) in [6.07, 6.45) is 0. The van der Waals surface area contributed by atoms with Crippen molar-refractivity contribution in [3.05, 3.63) is 132 Å². The predicted octanol–water partition coefficient (Wildman–Crippen LogP) is 11.4. The van der Waals surface area contributed by atoms with Crippen LogP contribution in [0, 0.1) is 0 Å². The zero-order valence-corrected chi connectivity index (χ0v) is 31.4. The van der Waals surface area contributed by atoms with Gasteiger partial charge in [0.15, 0.2) is 0 Å². The Hall–Kier alpha value is -5.02. The molecule has 2 aliphatic heterocycles. The van der Waals surface area contributed by atoms with Gasteiger partial charge in [-0.3, -0.25) is 0 Å². The average molecular weight is 664 g/mol. The van der Waals surface area contributed by atoms with E-state index < -0.39 is 0 Å². The first-order chi connectivity index (χ1) is 24.2. The second-order valence-corrected chi connectivity index (χ2v) is 17.9. The Morgan fingerprint density at radius 2 is 1.10 bits per heavy atom. The molecule has 0 unspecified atom stereocenters. The fourth-order valence-corrected chi connectivity index (χ4v) is 8.39. The summed E-state index contributed by atoms with van der Waals surface area (Å²) in [6, 6.07) is 43.7. The number of furan rings is 1. The topological polar surface area (TPSA) is 16.4 Å². The Kier molecular flexibility index (Phi) is 6.73. The van der Waals surface area contributed by atoms with E-state index in [0.29, 0.717) is 0 Å². The van der Waals surface area contributed by atoms with E-state index in [4.69, 9.17) is 4.42 Å². The molecule has 51 heavy (non-hydrogen) atoms. The van der Waals surface area contributed by atoms with E-state index >= 15 is 0 Å². The maximum Gasteiger partial charge on any atom is 0.248 e. The quantitative estimate of drug-likeness (QED) is 0.171. The largest absolute Gasteiger partial charge is 0.456 e. The van der Waals surface area contributed by atoms with Gasteiger partial charge in [-0.15, -0.1) is 0 Å². The van der Waals surface area contributed by atoms with Gasteiger partial charge < -0.3 is 9.32 Å². The molecule has 0 saturated heterocycles. The molecule has 252 valence electrons. The standard InChI is InChI=1S/C48H46BNO/c1-46(2,3)31-15-19-34(20-16-31)50-41-22-18-33(48(7,8)9)28-40(41)49-39-27-32(47(4,5)6)17-21-35(39)38-25-30(26-42(50)45(38)49)29-14-23-44-37(24-29)36-12-10-11-13-43(36)51-44/h10-28H,1-9H3. The Bertz CT molecular complexity index is 2530. The number of nitrogens with zero attached hydrogens (tertiary/aromatic N) is 1. The van der Waals surface area contributed by atoms with Gasteiger partial charge in [-0.05, 0) is 115 Å². The van der Waals surface area contributed by atoms with Gasteiger partial charge in [0.05, 0.1) is 0 Å². The minimum Gasteiger partial charge on any atom is -0.456 e. The molecule has 6 aromatic carbocycles. The summed E-state index contributed by atoms with van der Waals surface area (Å²) >= 11 is 0. The molecule has 0 amide bonds. The van der Waals surface area contributed by atoms with Gasteiger partial charge in [-0.1, -0.05) is 135 Å². The molecule has 3 heterocycles. The summed E-state index contributed by atoms with van der Waals surface area (Å²) < 4.78 is 6.24. The molecule has 3 heteroatoms. The first kappa shape index (κ1) is 31.9. The Labute approximate surface area is 303 Å². The lowest BCUT2D eigenvalue weighted by Gasteiger charge is -2.37. The van der Waals surface area contributed by atoms with E-state index in [2.05, 4.69) is 176 Å². The van der Waals surface area contributed by atoms with Crippen molar-refractivity contribution in [1.29, 1.82) is 0 Å². The molecule has 9 rings (SSSR count). The van der Waals surface area contributed by atoms with Gasteiger partial charge in [0.25, 0.3) is 0 Å². The summed E-state index contributed by atoms with van der Waals surface area (Å²) in [7, 11) is 0. The maximum atomic E-state index is 6.24. The first-order valence-corrected chi connectivity index (χ1v) is 18.5. The molecular weight excluding hydrogens is 617 g/mol. The number of anilines is 3. The summed E-state index contributed by atoms with van der Waals surface area (Å²) in [6.45, 7) is 21.0. The van der Waals surface area contributed by atoms with Crippen molar-refractivity contribution in [1.82, 2.24) is 0 Å². The summed E-state index contributed by atoms with van der Waals surface area (Å²) in [5, 5.41) is 2.31. The lowest BCUT2D eigenvalue weighted by atomic mass is 9.36. The maximum absolute atomic E-state index is 6.24. The zero-order valence-electron chi connectivity index (χ0n) is 31.4. The number of benzene rings is 6. The van der Waals surface area contributed by atoms with Crippen LogP contribution in [0.5, 0.6) is 0 Å². The molecule has 0 atom stereocenters. The van der Waals surface area contributed by atoms with Gasteiger partial charge in [-0.25, -0.2) is 0 Å². The number of fused-ring (bicyclic) bond motifs is 8.